The Balaban J connectivity index is 1.91. The second-order valence-electron chi connectivity index (χ2n) is 14.0. The molecule has 9 atom stereocenters. The number of hydrogen-bond acceptors (Lipinski definition) is 4. The van der Waals surface area contributed by atoms with Crippen molar-refractivity contribution in [1.29, 1.82) is 0 Å². The van der Waals surface area contributed by atoms with Gasteiger partial charge in [0.2, 0.25) is 0 Å². The predicted octanol–water partition coefficient (Wildman–Crippen LogP) is 5.22. The van der Waals surface area contributed by atoms with Gasteiger partial charge < -0.3 is 20.4 Å². The monoisotopic (exact) mass is 504 g/mol. The van der Waals surface area contributed by atoms with Crippen molar-refractivity contribution in [3.8, 4) is 0 Å². The van der Waals surface area contributed by atoms with E-state index in [1.807, 2.05) is 6.92 Å². The molecule has 4 rings (SSSR count). The summed E-state index contributed by atoms with van der Waals surface area (Å²) in [7, 11) is 0. The van der Waals surface area contributed by atoms with Crippen LogP contribution in [0.1, 0.15) is 93.4 Å². The smallest absolute Gasteiger partial charge is 0.310 e. The standard InChI is InChI=1S/C29H44O7/c1-16-10-13-29(23(34)35)15-14-25(4)17(20(29)28(16,7)36)8-9-19-26(25,5)12-11-18(24(2,3)21(30)31)27(19,6)22(32)33/h8,16,18-20,36H,9-15H2,1-7H3,(H,30,31)(H,32,33)(H,34,35). The third kappa shape index (κ3) is 3.04. The first kappa shape index (κ1) is 27.2. The fraction of sp³-hybridized carbons (Fsp3) is 0.828. The van der Waals surface area contributed by atoms with Gasteiger partial charge in [0.15, 0.2) is 0 Å². The molecule has 0 bridgehead atoms. The highest BCUT2D eigenvalue weighted by atomic mass is 16.4. The van der Waals surface area contributed by atoms with Crippen LogP contribution in [0.4, 0.5) is 0 Å². The van der Waals surface area contributed by atoms with Crippen molar-refractivity contribution in [2.75, 3.05) is 0 Å². The predicted molar refractivity (Wildman–Crippen MR) is 134 cm³/mol. The lowest BCUT2D eigenvalue weighted by atomic mass is 9.34. The summed E-state index contributed by atoms with van der Waals surface area (Å²) in [5.74, 6) is -4.25. The van der Waals surface area contributed by atoms with Gasteiger partial charge in [0.1, 0.15) is 0 Å². The van der Waals surface area contributed by atoms with Crippen molar-refractivity contribution in [3.63, 3.8) is 0 Å². The first-order chi connectivity index (χ1) is 16.3. The van der Waals surface area contributed by atoms with E-state index in [1.54, 1.807) is 27.7 Å². The summed E-state index contributed by atoms with van der Waals surface area (Å²) in [5, 5.41) is 42.9. The molecular formula is C29H44O7. The zero-order valence-corrected chi connectivity index (χ0v) is 22.9. The molecule has 7 nitrogen and oxygen atoms in total. The highest BCUT2D eigenvalue weighted by Gasteiger charge is 2.72. The molecule has 0 aromatic heterocycles. The number of hydrogen-bond donors (Lipinski definition) is 4. The summed E-state index contributed by atoms with van der Waals surface area (Å²) in [6.45, 7) is 13.1. The van der Waals surface area contributed by atoms with Crippen LogP contribution in [0, 0.1) is 50.7 Å². The van der Waals surface area contributed by atoms with Crippen molar-refractivity contribution < 1.29 is 34.8 Å². The normalized spacial score (nSPS) is 48.6. The van der Waals surface area contributed by atoms with E-state index >= 15 is 0 Å². The summed E-state index contributed by atoms with van der Waals surface area (Å²) in [6, 6.07) is 0. The van der Waals surface area contributed by atoms with Crippen molar-refractivity contribution in [2.45, 2.75) is 99.0 Å². The summed E-state index contributed by atoms with van der Waals surface area (Å²) < 4.78 is 0. The first-order valence-electron chi connectivity index (χ1n) is 13.5. The number of aliphatic hydroxyl groups is 1. The molecule has 3 saturated carbocycles. The SMILES string of the molecule is CC1CCC2(C(=O)O)CCC3(C)C(=CCC4C(C)(C(=O)O)C(C(C)(C)C(=O)O)CCC43C)C2C1(C)O. The number of carboxylic acids is 3. The molecule has 0 amide bonds. The molecule has 0 aliphatic heterocycles. The van der Waals surface area contributed by atoms with Crippen LogP contribution in [-0.2, 0) is 14.4 Å². The van der Waals surface area contributed by atoms with E-state index < -0.39 is 62.4 Å². The molecule has 0 aromatic carbocycles. The molecule has 4 aliphatic rings. The Morgan fingerprint density at radius 2 is 1.53 bits per heavy atom. The third-order valence-electron chi connectivity index (χ3n) is 12.5. The zero-order valence-electron chi connectivity index (χ0n) is 22.9. The van der Waals surface area contributed by atoms with Gasteiger partial charge in [0.25, 0.3) is 0 Å². The number of fused-ring (bicyclic) bond motifs is 5. The minimum atomic E-state index is -1.26. The van der Waals surface area contributed by atoms with Crippen LogP contribution in [0.25, 0.3) is 0 Å². The summed E-state index contributed by atoms with van der Waals surface area (Å²) in [5.41, 5.74) is -4.66. The van der Waals surface area contributed by atoms with Gasteiger partial charge >= 0.3 is 17.9 Å². The summed E-state index contributed by atoms with van der Waals surface area (Å²) in [4.78, 5) is 38.0. The van der Waals surface area contributed by atoms with Gasteiger partial charge in [0.05, 0.1) is 21.8 Å². The van der Waals surface area contributed by atoms with Gasteiger partial charge in [0, 0.05) is 5.92 Å². The van der Waals surface area contributed by atoms with Crippen LogP contribution in [0.2, 0.25) is 0 Å². The van der Waals surface area contributed by atoms with Gasteiger partial charge in [-0.25, -0.2) is 0 Å². The van der Waals surface area contributed by atoms with Crippen molar-refractivity contribution in [1.82, 2.24) is 0 Å². The number of aliphatic carboxylic acids is 3. The molecule has 0 radical (unpaired) electrons. The molecule has 7 heteroatoms. The molecule has 36 heavy (non-hydrogen) atoms. The average molecular weight is 505 g/mol. The van der Waals surface area contributed by atoms with Crippen LogP contribution in [-0.4, -0.2) is 43.9 Å². The van der Waals surface area contributed by atoms with E-state index in [-0.39, 0.29) is 11.8 Å². The Labute approximate surface area is 214 Å². The Morgan fingerprint density at radius 3 is 2.06 bits per heavy atom. The highest BCUT2D eigenvalue weighted by molar-refractivity contribution is 5.80. The number of allylic oxidation sites excluding steroid dienone is 1. The highest BCUT2D eigenvalue weighted by Crippen LogP contribution is 2.74. The van der Waals surface area contributed by atoms with Crippen molar-refractivity contribution >= 4 is 17.9 Å². The van der Waals surface area contributed by atoms with E-state index in [1.165, 1.54) is 0 Å². The van der Waals surface area contributed by atoms with Crippen molar-refractivity contribution in [2.24, 2.45) is 50.7 Å². The molecule has 0 heterocycles. The quantitative estimate of drug-likeness (QED) is 0.386. The fourth-order valence-electron chi connectivity index (χ4n) is 9.66. The molecule has 0 spiro atoms. The maximum atomic E-state index is 13.0. The van der Waals surface area contributed by atoms with Gasteiger partial charge in [-0.15, -0.1) is 0 Å². The number of carboxylic acid groups (broad SMARTS) is 3. The van der Waals surface area contributed by atoms with E-state index in [0.717, 1.165) is 5.57 Å². The van der Waals surface area contributed by atoms with E-state index in [0.29, 0.717) is 44.9 Å². The van der Waals surface area contributed by atoms with Crippen LogP contribution in [0.5, 0.6) is 0 Å². The maximum Gasteiger partial charge on any atom is 0.310 e. The lowest BCUT2D eigenvalue weighted by Gasteiger charge is -2.69. The Kier molecular flexibility index (Phi) is 5.89. The second-order valence-corrected chi connectivity index (χ2v) is 14.0. The summed E-state index contributed by atoms with van der Waals surface area (Å²) in [6.07, 6.45) is 5.87. The maximum absolute atomic E-state index is 13.0. The zero-order chi connectivity index (χ0) is 27.3. The van der Waals surface area contributed by atoms with Crippen LogP contribution < -0.4 is 0 Å². The van der Waals surface area contributed by atoms with Crippen molar-refractivity contribution in [3.05, 3.63) is 11.6 Å². The lowest BCUT2D eigenvalue weighted by molar-refractivity contribution is -0.210. The molecule has 0 saturated heterocycles. The average Bonchev–Trinajstić information content (AvgIpc) is 2.76. The molecule has 4 N–H and O–H groups in total. The number of rotatable bonds is 4. The minimum Gasteiger partial charge on any atom is -0.481 e. The Hall–Kier alpha value is -1.89. The second kappa shape index (κ2) is 7.81. The van der Waals surface area contributed by atoms with E-state index in [9.17, 15) is 34.8 Å². The van der Waals surface area contributed by atoms with Crippen LogP contribution in [0.3, 0.4) is 0 Å². The summed E-state index contributed by atoms with van der Waals surface area (Å²) >= 11 is 0. The third-order valence-corrected chi connectivity index (χ3v) is 12.5. The van der Waals surface area contributed by atoms with Gasteiger partial charge in [-0.1, -0.05) is 32.4 Å². The van der Waals surface area contributed by atoms with E-state index in [4.69, 9.17) is 0 Å². The topological polar surface area (TPSA) is 132 Å². The van der Waals surface area contributed by atoms with Gasteiger partial charge in [-0.3, -0.25) is 14.4 Å². The van der Waals surface area contributed by atoms with Crippen LogP contribution >= 0.6 is 0 Å². The van der Waals surface area contributed by atoms with Gasteiger partial charge in [-0.2, -0.15) is 0 Å². The van der Waals surface area contributed by atoms with Crippen LogP contribution in [0.15, 0.2) is 11.6 Å². The molecule has 3 fully saturated rings. The first-order valence-corrected chi connectivity index (χ1v) is 13.5. The largest absolute Gasteiger partial charge is 0.481 e. The van der Waals surface area contributed by atoms with Gasteiger partial charge in [-0.05, 0) is 101 Å². The Bertz CT molecular complexity index is 1030. The molecule has 4 aliphatic carbocycles. The molecule has 0 aromatic rings. The fourth-order valence-corrected chi connectivity index (χ4v) is 9.66. The minimum absolute atomic E-state index is 0.0554. The molecular weight excluding hydrogens is 460 g/mol. The Morgan fingerprint density at radius 1 is 0.917 bits per heavy atom. The number of carbonyl (C=O) groups is 3. The molecule has 202 valence electrons. The lowest BCUT2D eigenvalue weighted by Crippen LogP contribution is -2.67. The van der Waals surface area contributed by atoms with E-state index in [2.05, 4.69) is 19.9 Å². The molecule has 9 unspecified atom stereocenters.